The van der Waals surface area contributed by atoms with Gasteiger partial charge in [0.25, 0.3) is 0 Å². The number of amidine groups is 1. The van der Waals surface area contributed by atoms with Crippen molar-refractivity contribution >= 4 is 11.5 Å². The lowest BCUT2D eigenvalue weighted by atomic mass is 9.64. The number of benzene rings is 3. The Kier molecular flexibility index (Phi) is 4.88. The Bertz CT molecular complexity index is 1220. The molecule has 3 nitrogen and oxygen atoms in total. The quantitative estimate of drug-likeness (QED) is 0.331. The molecule has 3 aromatic rings. The van der Waals surface area contributed by atoms with Gasteiger partial charge in [-0.1, -0.05) is 24.3 Å². The molecule has 4 N–H and O–H groups in total. The molecule has 2 aliphatic rings. The fourth-order valence-electron chi connectivity index (χ4n) is 6.22. The molecular weight excluding hydrogens is 390 g/mol. The number of nitrogens with one attached hydrogen (secondary N) is 2. The first-order valence-electron chi connectivity index (χ1n) is 11.7. The van der Waals surface area contributed by atoms with Crippen LogP contribution in [0.2, 0.25) is 0 Å². The lowest BCUT2D eigenvalue weighted by Crippen LogP contribution is -2.36. The van der Waals surface area contributed by atoms with Crippen molar-refractivity contribution < 1.29 is 0 Å². The summed E-state index contributed by atoms with van der Waals surface area (Å²) >= 11 is 0. The fraction of sp³-hybridized carbons (Fsp3) is 0.345. The zero-order valence-corrected chi connectivity index (χ0v) is 19.8. The van der Waals surface area contributed by atoms with Crippen molar-refractivity contribution in [2.75, 3.05) is 5.32 Å². The van der Waals surface area contributed by atoms with Crippen LogP contribution in [0.4, 0.5) is 5.69 Å². The monoisotopic (exact) mass is 423 g/mol. The molecule has 0 bridgehead atoms. The van der Waals surface area contributed by atoms with Crippen molar-refractivity contribution in [2.45, 2.75) is 59.4 Å². The second kappa shape index (κ2) is 7.51. The lowest BCUT2D eigenvalue weighted by molar-refractivity contribution is 0.346. The van der Waals surface area contributed by atoms with Crippen molar-refractivity contribution in [1.82, 2.24) is 0 Å². The van der Waals surface area contributed by atoms with E-state index in [-0.39, 0.29) is 11.9 Å². The first kappa shape index (κ1) is 20.8. The van der Waals surface area contributed by atoms with Gasteiger partial charge in [-0.2, -0.15) is 0 Å². The highest BCUT2D eigenvalue weighted by molar-refractivity contribution is 5.95. The third-order valence-corrected chi connectivity index (χ3v) is 8.37. The average Bonchev–Trinajstić information content (AvgIpc) is 2.80. The second-order valence-corrected chi connectivity index (χ2v) is 9.76. The predicted octanol–water partition coefficient (Wildman–Crippen LogP) is 6.37. The first-order chi connectivity index (χ1) is 15.3. The van der Waals surface area contributed by atoms with Crippen molar-refractivity contribution in [3.63, 3.8) is 0 Å². The Balaban J connectivity index is 1.76. The van der Waals surface area contributed by atoms with Gasteiger partial charge in [-0.3, -0.25) is 5.41 Å². The Morgan fingerprint density at radius 2 is 1.53 bits per heavy atom. The molecule has 32 heavy (non-hydrogen) atoms. The maximum Gasteiger partial charge on any atom is 0.122 e. The molecule has 0 amide bonds. The van der Waals surface area contributed by atoms with Crippen LogP contribution in [0.5, 0.6) is 0 Å². The molecule has 0 aromatic heterocycles. The van der Waals surface area contributed by atoms with Crippen LogP contribution in [-0.4, -0.2) is 5.84 Å². The van der Waals surface area contributed by atoms with Crippen LogP contribution in [0.3, 0.4) is 0 Å². The molecule has 0 saturated carbocycles. The van der Waals surface area contributed by atoms with Gasteiger partial charge in [-0.05, 0) is 122 Å². The molecule has 3 heteroatoms. The highest BCUT2D eigenvalue weighted by Crippen LogP contribution is 2.54. The van der Waals surface area contributed by atoms with E-state index in [9.17, 15) is 0 Å². The molecule has 1 heterocycles. The van der Waals surface area contributed by atoms with Gasteiger partial charge in [0.05, 0.1) is 6.04 Å². The molecule has 5 rings (SSSR count). The summed E-state index contributed by atoms with van der Waals surface area (Å²) in [6, 6.07) is 15.4. The van der Waals surface area contributed by atoms with Crippen LogP contribution in [0.15, 0.2) is 42.5 Å². The van der Waals surface area contributed by atoms with Gasteiger partial charge in [0, 0.05) is 17.2 Å². The van der Waals surface area contributed by atoms with Gasteiger partial charge in [-0.15, -0.1) is 0 Å². The second-order valence-electron chi connectivity index (χ2n) is 9.76. The van der Waals surface area contributed by atoms with Crippen LogP contribution < -0.4 is 11.1 Å². The van der Waals surface area contributed by atoms with Crippen molar-refractivity contribution in [1.29, 1.82) is 5.41 Å². The molecule has 3 unspecified atom stereocenters. The van der Waals surface area contributed by atoms with Gasteiger partial charge >= 0.3 is 0 Å². The Morgan fingerprint density at radius 1 is 0.875 bits per heavy atom. The van der Waals surface area contributed by atoms with E-state index < -0.39 is 0 Å². The normalized spacial score (nSPS) is 21.2. The van der Waals surface area contributed by atoms with E-state index in [2.05, 4.69) is 76.3 Å². The molecular formula is C29H33N3. The fourth-order valence-corrected chi connectivity index (χ4v) is 6.22. The highest BCUT2D eigenvalue weighted by atomic mass is 15.0. The number of hydrogen-bond acceptors (Lipinski definition) is 2. The molecule has 1 aliphatic heterocycles. The van der Waals surface area contributed by atoms with Gasteiger partial charge in [0.15, 0.2) is 0 Å². The number of aryl methyl sites for hydroxylation is 1. The number of rotatable bonds is 2. The van der Waals surface area contributed by atoms with E-state index in [1.54, 1.807) is 0 Å². The summed E-state index contributed by atoms with van der Waals surface area (Å²) < 4.78 is 0. The molecule has 0 spiro atoms. The molecule has 164 valence electrons. The van der Waals surface area contributed by atoms with E-state index in [1.807, 2.05) is 6.07 Å². The number of anilines is 1. The maximum absolute atomic E-state index is 7.98. The SMILES string of the molecule is Cc1c(C)c(C)c(C2Nc3ccc(C(=N)N)cc3C3c4ccccc4CCC23)c(C)c1C. The molecule has 0 saturated heterocycles. The Hall–Kier alpha value is -3.07. The molecule has 0 fully saturated rings. The van der Waals surface area contributed by atoms with Crippen LogP contribution in [0.1, 0.15) is 74.0 Å². The maximum atomic E-state index is 7.98. The standard InChI is InChI=1S/C29H33N3/c1-15-16(2)18(4)26(19(5)17(15)3)28-23-12-10-20-8-6-7-9-22(20)27(23)24-14-21(29(30)31)11-13-25(24)32-28/h6-9,11,13-14,23,27-28,32H,10,12H2,1-5H3,(H3,30,31). The van der Waals surface area contributed by atoms with Crippen LogP contribution in [0, 0.1) is 45.9 Å². The zero-order valence-electron chi connectivity index (χ0n) is 19.8. The van der Waals surface area contributed by atoms with Gasteiger partial charge in [-0.25, -0.2) is 0 Å². The zero-order chi connectivity index (χ0) is 22.7. The third kappa shape index (κ3) is 2.98. The Morgan fingerprint density at radius 3 is 2.22 bits per heavy atom. The van der Waals surface area contributed by atoms with E-state index in [4.69, 9.17) is 11.1 Å². The molecule has 3 aromatic carbocycles. The van der Waals surface area contributed by atoms with E-state index in [0.29, 0.717) is 11.8 Å². The summed E-state index contributed by atoms with van der Waals surface area (Å²) in [5.74, 6) is 0.895. The Labute approximate surface area is 191 Å². The van der Waals surface area contributed by atoms with E-state index >= 15 is 0 Å². The topological polar surface area (TPSA) is 61.9 Å². The van der Waals surface area contributed by atoms with E-state index in [0.717, 1.165) is 18.4 Å². The number of hydrogen-bond donors (Lipinski definition) is 3. The lowest BCUT2D eigenvalue weighted by Gasteiger charge is -2.46. The summed E-state index contributed by atoms with van der Waals surface area (Å²) in [4.78, 5) is 0. The van der Waals surface area contributed by atoms with Crippen molar-refractivity contribution in [2.24, 2.45) is 11.7 Å². The molecule has 3 atom stereocenters. The summed E-state index contributed by atoms with van der Waals surface area (Å²) in [7, 11) is 0. The minimum Gasteiger partial charge on any atom is -0.384 e. The van der Waals surface area contributed by atoms with Crippen molar-refractivity contribution in [3.05, 3.63) is 98.1 Å². The molecule has 0 radical (unpaired) electrons. The van der Waals surface area contributed by atoms with Gasteiger partial charge in [0.1, 0.15) is 5.84 Å². The smallest absolute Gasteiger partial charge is 0.122 e. The van der Waals surface area contributed by atoms with Crippen LogP contribution in [0.25, 0.3) is 0 Å². The van der Waals surface area contributed by atoms with E-state index in [1.165, 1.54) is 55.8 Å². The summed E-state index contributed by atoms with van der Waals surface area (Å²) in [5.41, 5.74) is 20.6. The molecule has 1 aliphatic carbocycles. The summed E-state index contributed by atoms with van der Waals surface area (Å²) in [6.45, 7) is 11.4. The largest absolute Gasteiger partial charge is 0.384 e. The minimum absolute atomic E-state index is 0.132. The first-order valence-corrected chi connectivity index (χ1v) is 11.7. The number of fused-ring (bicyclic) bond motifs is 5. The van der Waals surface area contributed by atoms with Gasteiger partial charge in [0.2, 0.25) is 0 Å². The highest BCUT2D eigenvalue weighted by Gasteiger charge is 2.42. The third-order valence-electron chi connectivity index (χ3n) is 8.37. The van der Waals surface area contributed by atoms with Crippen LogP contribution in [-0.2, 0) is 6.42 Å². The average molecular weight is 424 g/mol. The number of nitrogen functional groups attached to an aromatic ring is 1. The summed E-state index contributed by atoms with van der Waals surface area (Å²) in [5, 5.41) is 11.9. The van der Waals surface area contributed by atoms with Crippen molar-refractivity contribution in [3.8, 4) is 0 Å². The van der Waals surface area contributed by atoms with Crippen LogP contribution >= 0.6 is 0 Å². The predicted molar refractivity (Wildman–Crippen MR) is 134 cm³/mol. The summed E-state index contributed by atoms with van der Waals surface area (Å²) in [6.07, 6.45) is 2.26. The van der Waals surface area contributed by atoms with Gasteiger partial charge < -0.3 is 11.1 Å². The number of nitrogens with two attached hydrogens (primary N) is 1. The minimum atomic E-state index is 0.132.